The number of piperidine rings is 3. The van der Waals surface area contributed by atoms with E-state index in [2.05, 4.69) is 43.2 Å². The van der Waals surface area contributed by atoms with Crippen LogP contribution in [0.5, 0.6) is 6.01 Å². The quantitative estimate of drug-likeness (QED) is 0.0463. The van der Waals surface area contributed by atoms with Gasteiger partial charge in [-0.05, 0) is 62.1 Å². The molecule has 5 unspecified atom stereocenters. The van der Waals surface area contributed by atoms with Crippen LogP contribution in [0.3, 0.4) is 0 Å². The molecule has 0 aliphatic carbocycles. The SMILES string of the molecule is C#Cc1c(F)ccc2cccc(-c3ncc4c(N5CC6CCC(C5)N6)nc(OC5[C@@H]6CC[C@@H](COC(=O)N(C)CCOCCOCCC(=O)Nc7cccc8c7C(=O)N(C7CCC(=O)NC7=O)C8=O)N5CC(=C)C6)nc4c3F)c12. The molecule has 8 heterocycles. The number of fused-ring (bicyclic) bond motifs is 7. The number of nitrogens with one attached hydrogen (secondary N) is 3. The Bertz CT molecular complexity index is 3360. The highest BCUT2D eigenvalue weighted by Crippen LogP contribution is 2.41. The molecule has 7 atom stereocenters. The largest absolute Gasteiger partial charge is 0.448 e. The summed E-state index contributed by atoms with van der Waals surface area (Å²) in [7, 11) is 1.61. The molecule has 79 heavy (non-hydrogen) atoms. The van der Waals surface area contributed by atoms with Gasteiger partial charge < -0.3 is 39.4 Å². The molecule has 0 spiro atoms. The fourth-order valence-electron chi connectivity index (χ4n) is 11.8. The average molecular weight is 1080 g/mol. The van der Waals surface area contributed by atoms with Crippen LogP contribution in [-0.4, -0.2) is 162 Å². The van der Waals surface area contributed by atoms with Crippen LogP contribution in [0.15, 0.2) is 66.9 Å². The van der Waals surface area contributed by atoms with Crippen LogP contribution in [0.2, 0.25) is 0 Å². The standard InChI is InChI=1S/C57H58F2N10O10/c1-4-37-41(58)16-12-32-7-5-8-38(46(32)37)49-48(59)50-40(26-60-49)51(67-28-34-13-14-35(29-67)61-34)65-56(64-50)79-55-33-11-15-36(68(55)27-31(2)25-33)30-78-57(75)66(3)20-22-77-24-23-76-21-19-45(71)62-42-10-6-9-39-47(42)54(74)69(53(39)73)43-17-18-44(70)63-52(43)72/h1,5-10,12,16,26,33-36,43,55,61H,2,11,13-15,17-25,27-30H2,3H3,(H,62,71)(H,63,70,72)/t33-,34?,35?,36+,43?,55?/m1/s1. The van der Waals surface area contributed by atoms with Crippen molar-refractivity contribution in [2.75, 3.05) is 76.5 Å². The van der Waals surface area contributed by atoms with Gasteiger partial charge in [0.25, 0.3) is 11.8 Å². The number of halogens is 2. The Balaban J connectivity index is 0.682. The minimum atomic E-state index is -1.13. The maximum Gasteiger partial charge on any atom is 0.409 e. The molecule has 5 saturated heterocycles. The zero-order valence-corrected chi connectivity index (χ0v) is 43.4. The number of carbonyl (C=O) groups is 6. The molecule has 5 fully saturated rings. The van der Waals surface area contributed by atoms with Gasteiger partial charge in [-0.25, -0.2) is 13.6 Å². The molecule has 410 valence electrons. The van der Waals surface area contributed by atoms with Gasteiger partial charge in [0, 0.05) is 80.8 Å². The number of hydrogen-bond donors (Lipinski definition) is 3. The zero-order valence-electron chi connectivity index (χ0n) is 43.4. The van der Waals surface area contributed by atoms with Gasteiger partial charge in [0.15, 0.2) is 12.0 Å². The minimum Gasteiger partial charge on any atom is -0.448 e. The van der Waals surface area contributed by atoms with E-state index in [4.69, 9.17) is 35.3 Å². The van der Waals surface area contributed by atoms with Gasteiger partial charge in [0.05, 0.1) is 60.6 Å². The molecule has 6 amide bonds. The van der Waals surface area contributed by atoms with Crippen LogP contribution in [0.4, 0.5) is 25.1 Å². The molecule has 5 aromatic rings. The summed E-state index contributed by atoms with van der Waals surface area (Å²) in [4.78, 5) is 97.7. The summed E-state index contributed by atoms with van der Waals surface area (Å²) < 4.78 is 56.3. The predicted octanol–water partition coefficient (Wildman–Crippen LogP) is 5.32. The van der Waals surface area contributed by atoms with E-state index in [1.807, 2.05) is 0 Å². The van der Waals surface area contributed by atoms with Crippen molar-refractivity contribution in [2.24, 2.45) is 5.92 Å². The molecule has 22 heteroatoms. The van der Waals surface area contributed by atoms with E-state index in [-0.39, 0.29) is 122 Å². The summed E-state index contributed by atoms with van der Waals surface area (Å²) >= 11 is 0. The van der Waals surface area contributed by atoms with Crippen LogP contribution < -0.4 is 25.6 Å². The number of rotatable bonds is 17. The number of amides is 6. The van der Waals surface area contributed by atoms with E-state index < -0.39 is 59.5 Å². The van der Waals surface area contributed by atoms with Crippen molar-refractivity contribution in [3.05, 3.63) is 95.2 Å². The normalized spacial score (nSPS) is 23.4. The first-order valence-electron chi connectivity index (χ1n) is 26.6. The van der Waals surface area contributed by atoms with Gasteiger partial charge in [-0.15, -0.1) is 6.42 Å². The fourth-order valence-corrected chi connectivity index (χ4v) is 11.8. The minimum absolute atomic E-state index is 0.00858. The molecule has 3 N–H and O–H groups in total. The first kappa shape index (κ1) is 53.1. The lowest BCUT2D eigenvalue weighted by molar-refractivity contribution is -0.136. The molecule has 0 radical (unpaired) electrons. The smallest absolute Gasteiger partial charge is 0.409 e. The molecule has 0 saturated carbocycles. The maximum absolute atomic E-state index is 17.3. The van der Waals surface area contributed by atoms with Crippen molar-refractivity contribution in [2.45, 2.75) is 81.8 Å². The number of terminal acetylenes is 1. The number of benzene rings is 3. The molecule has 2 aromatic heterocycles. The molecule has 11 rings (SSSR count). The van der Waals surface area contributed by atoms with Crippen molar-refractivity contribution in [1.29, 1.82) is 0 Å². The van der Waals surface area contributed by atoms with E-state index in [0.717, 1.165) is 36.2 Å². The number of anilines is 2. The van der Waals surface area contributed by atoms with Crippen molar-refractivity contribution in [3.63, 3.8) is 0 Å². The average Bonchev–Trinajstić information content (AvgIpc) is 3.92. The van der Waals surface area contributed by atoms with Gasteiger partial charge in [-0.3, -0.25) is 44.1 Å². The summed E-state index contributed by atoms with van der Waals surface area (Å²) in [6.45, 7) is 6.91. The molecule has 20 nitrogen and oxygen atoms in total. The molecular weight excluding hydrogens is 1020 g/mol. The number of ether oxygens (including phenoxy) is 4. The third kappa shape index (κ3) is 10.6. The third-order valence-corrected chi connectivity index (χ3v) is 15.7. The van der Waals surface area contributed by atoms with Crippen molar-refractivity contribution < 1.29 is 56.5 Å². The van der Waals surface area contributed by atoms with Gasteiger partial charge in [-0.2, -0.15) is 9.97 Å². The van der Waals surface area contributed by atoms with E-state index >= 15 is 8.78 Å². The number of nitrogens with zero attached hydrogens (tertiary/aromatic N) is 7. The number of aromatic nitrogens is 3. The first-order chi connectivity index (χ1) is 38.2. The third-order valence-electron chi connectivity index (χ3n) is 15.7. The first-order valence-corrected chi connectivity index (χ1v) is 26.6. The number of likely N-dealkylation sites (N-methyl/N-ethyl adjacent to an activating group) is 1. The van der Waals surface area contributed by atoms with Crippen molar-refractivity contribution in [3.8, 4) is 29.6 Å². The second-order valence-electron chi connectivity index (χ2n) is 20.8. The lowest BCUT2D eigenvalue weighted by atomic mass is 9.82. The Kier molecular flexibility index (Phi) is 15.0. The lowest BCUT2D eigenvalue weighted by Gasteiger charge is -2.49. The second kappa shape index (κ2) is 22.4. The number of imide groups is 2. The lowest BCUT2D eigenvalue weighted by Crippen LogP contribution is -2.58. The van der Waals surface area contributed by atoms with E-state index in [0.29, 0.717) is 53.6 Å². The summed E-state index contributed by atoms with van der Waals surface area (Å²) in [5.74, 6) is -1.44. The summed E-state index contributed by atoms with van der Waals surface area (Å²) in [5, 5.41) is 9.89. The second-order valence-corrected chi connectivity index (χ2v) is 20.8. The maximum atomic E-state index is 17.3. The number of carbonyl (C=O) groups excluding carboxylic acids is 6. The summed E-state index contributed by atoms with van der Waals surface area (Å²) in [6, 6.07) is 11.7. The Hall–Kier alpha value is -7.97. The van der Waals surface area contributed by atoms with Crippen LogP contribution >= 0.6 is 0 Å². The highest BCUT2D eigenvalue weighted by Gasteiger charge is 2.47. The van der Waals surface area contributed by atoms with E-state index in [1.165, 1.54) is 29.2 Å². The van der Waals surface area contributed by atoms with Gasteiger partial charge in [-0.1, -0.05) is 48.4 Å². The topological polar surface area (TPSA) is 227 Å². The van der Waals surface area contributed by atoms with Crippen LogP contribution in [-0.2, 0) is 28.6 Å². The molecule has 4 bridgehead atoms. The highest BCUT2D eigenvalue weighted by atomic mass is 19.1. The van der Waals surface area contributed by atoms with E-state index in [9.17, 15) is 28.8 Å². The summed E-state index contributed by atoms with van der Waals surface area (Å²) in [5.41, 5.74) is 1.47. The fraction of sp³-hybridized carbons (Fsp3) is 0.421. The van der Waals surface area contributed by atoms with Crippen molar-refractivity contribution in [1.82, 2.24) is 40.3 Å². The number of piperazine rings is 1. The number of pyridine rings is 1. The Morgan fingerprint density at radius 3 is 2.48 bits per heavy atom. The number of hydrogen-bond acceptors (Lipinski definition) is 16. The molecule has 6 aliphatic heterocycles. The van der Waals surface area contributed by atoms with Crippen LogP contribution in [0.25, 0.3) is 32.9 Å². The molecular formula is C57H58F2N10O10. The van der Waals surface area contributed by atoms with Crippen LogP contribution in [0, 0.1) is 29.9 Å². The highest BCUT2D eigenvalue weighted by molar-refractivity contribution is 6.26. The van der Waals surface area contributed by atoms with Gasteiger partial charge in [0.2, 0.25) is 17.7 Å². The predicted molar refractivity (Wildman–Crippen MR) is 284 cm³/mol. The van der Waals surface area contributed by atoms with Crippen molar-refractivity contribution >= 4 is 68.8 Å². The Labute approximate surface area is 453 Å². The molecule has 3 aromatic carbocycles. The van der Waals surface area contributed by atoms with Crippen LogP contribution in [0.1, 0.15) is 77.6 Å². The zero-order chi connectivity index (χ0) is 55.1. The van der Waals surface area contributed by atoms with Gasteiger partial charge in [0.1, 0.15) is 35.5 Å². The Morgan fingerprint density at radius 2 is 1.70 bits per heavy atom. The summed E-state index contributed by atoms with van der Waals surface area (Å²) in [6.07, 6.45) is 10.4. The molecule has 6 aliphatic rings. The monoisotopic (exact) mass is 1080 g/mol. The van der Waals surface area contributed by atoms with Gasteiger partial charge >= 0.3 is 12.1 Å². The Morgan fingerprint density at radius 1 is 0.924 bits per heavy atom. The van der Waals surface area contributed by atoms with E-state index in [1.54, 1.807) is 37.5 Å².